The maximum absolute atomic E-state index is 9.80. The number of aliphatic hydroxyl groups is 1. The zero-order valence-electron chi connectivity index (χ0n) is 11.6. The third-order valence-corrected chi connectivity index (χ3v) is 2.64. The molecule has 0 spiro atoms. The predicted octanol–water partition coefficient (Wildman–Crippen LogP) is 0.779. The molecule has 0 saturated heterocycles. The lowest BCUT2D eigenvalue weighted by atomic mass is 10.2. The molecular formula is C14H16N4O3. The van der Waals surface area contributed by atoms with Crippen LogP contribution in [0.25, 0.3) is 0 Å². The number of aryl methyl sites for hydroxylation is 1. The maximum atomic E-state index is 9.80. The molecule has 0 fully saturated rings. The molecule has 2 aromatic rings. The smallest absolute Gasteiger partial charge is 0.223 e. The SMILES string of the molecule is Cc1nc(CNCC(O)COc2cccc(C#N)c2)no1. The van der Waals surface area contributed by atoms with E-state index in [2.05, 4.69) is 15.5 Å². The molecule has 1 atom stereocenters. The van der Waals surface area contributed by atoms with Crippen LogP contribution in [0.3, 0.4) is 0 Å². The minimum atomic E-state index is -0.677. The van der Waals surface area contributed by atoms with Crippen LogP contribution in [0, 0.1) is 18.3 Å². The summed E-state index contributed by atoms with van der Waals surface area (Å²) >= 11 is 0. The molecule has 0 aliphatic rings. The van der Waals surface area contributed by atoms with Gasteiger partial charge in [-0.2, -0.15) is 10.2 Å². The Kier molecular flexibility index (Phi) is 5.26. The lowest BCUT2D eigenvalue weighted by Gasteiger charge is -2.12. The highest BCUT2D eigenvalue weighted by molar-refractivity contribution is 5.36. The van der Waals surface area contributed by atoms with Gasteiger partial charge in [-0.05, 0) is 18.2 Å². The van der Waals surface area contributed by atoms with Crippen LogP contribution in [0.4, 0.5) is 0 Å². The van der Waals surface area contributed by atoms with Gasteiger partial charge >= 0.3 is 0 Å². The summed E-state index contributed by atoms with van der Waals surface area (Å²) in [7, 11) is 0. The Bertz CT molecular complexity index is 621. The second kappa shape index (κ2) is 7.38. The van der Waals surface area contributed by atoms with Gasteiger partial charge in [0.15, 0.2) is 5.82 Å². The van der Waals surface area contributed by atoms with E-state index in [-0.39, 0.29) is 6.61 Å². The average molecular weight is 288 g/mol. The second-order valence-corrected chi connectivity index (χ2v) is 4.46. The molecule has 1 aromatic carbocycles. The number of hydrogen-bond acceptors (Lipinski definition) is 7. The fourth-order valence-electron chi connectivity index (χ4n) is 1.67. The molecule has 0 saturated carbocycles. The number of aromatic nitrogens is 2. The number of aliphatic hydroxyl groups excluding tert-OH is 1. The van der Waals surface area contributed by atoms with Crippen LogP contribution < -0.4 is 10.1 Å². The van der Waals surface area contributed by atoms with Gasteiger partial charge < -0.3 is 19.7 Å². The number of ether oxygens (including phenoxy) is 1. The minimum Gasteiger partial charge on any atom is -0.491 e. The monoisotopic (exact) mass is 288 g/mol. The molecule has 2 N–H and O–H groups in total. The lowest BCUT2D eigenvalue weighted by molar-refractivity contribution is 0.106. The predicted molar refractivity (Wildman–Crippen MR) is 73.4 cm³/mol. The summed E-state index contributed by atoms with van der Waals surface area (Å²) in [5, 5.41) is 25.3. The average Bonchev–Trinajstić information content (AvgIpc) is 2.91. The Morgan fingerprint density at radius 2 is 2.38 bits per heavy atom. The highest BCUT2D eigenvalue weighted by Crippen LogP contribution is 2.12. The molecule has 0 bridgehead atoms. The summed E-state index contributed by atoms with van der Waals surface area (Å²) in [5.74, 6) is 1.61. The molecule has 0 aliphatic heterocycles. The number of nitriles is 1. The summed E-state index contributed by atoms with van der Waals surface area (Å²) < 4.78 is 10.3. The van der Waals surface area contributed by atoms with Crippen molar-refractivity contribution in [2.75, 3.05) is 13.2 Å². The first kappa shape index (κ1) is 15.0. The van der Waals surface area contributed by atoms with E-state index in [1.54, 1.807) is 31.2 Å². The van der Waals surface area contributed by atoms with Crippen molar-refractivity contribution in [1.82, 2.24) is 15.5 Å². The first-order chi connectivity index (χ1) is 10.2. The topological polar surface area (TPSA) is 104 Å². The highest BCUT2D eigenvalue weighted by atomic mass is 16.5. The van der Waals surface area contributed by atoms with Crippen LogP contribution >= 0.6 is 0 Å². The maximum Gasteiger partial charge on any atom is 0.223 e. The molecule has 110 valence electrons. The molecule has 7 heteroatoms. The van der Waals surface area contributed by atoms with Crippen LogP contribution in [-0.4, -0.2) is 34.5 Å². The molecule has 7 nitrogen and oxygen atoms in total. The largest absolute Gasteiger partial charge is 0.491 e. The number of benzene rings is 1. The third kappa shape index (κ3) is 4.87. The van der Waals surface area contributed by atoms with E-state index in [0.717, 1.165) is 0 Å². The third-order valence-electron chi connectivity index (χ3n) is 2.64. The Morgan fingerprint density at radius 3 is 3.10 bits per heavy atom. The van der Waals surface area contributed by atoms with Gasteiger partial charge in [0.05, 0.1) is 18.2 Å². The van der Waals surface area contributed by atoms with E-state index in [4.69, 9.17) is 14.5 Å². The molecule has 2 rings (SSSR count). The zero-order valence-corrected chi connectivity index (χ0v) is 11.6. The molecule has 0 amide bonds. The minimum absolute atomic E-state index is 0.132. The second-order valence-electron chi connectivity index (χ2n) is 4.46. The van der Waals surface area contributed by atoms with Crippen LogP contribution in [0.1, 0.15) is 17.3 Å². The molecule has 1 unspecified atom stereocenters. The van der Waals surface area contributed by atoms with Crippen LogP contribution in [0.15, 0.2) is 28.8 Å². The summed E-state index contributed by atoms with van der Waals surface area (Å²) in [6.45, 7) is 2.60. The fourth-order valence-corrected chi connectivity index (χ4v) is 1.67. The van der Waals surface area contributed by atoms with Gasteiger partial charge in [-0.1, -0.05) is 11.2 Å². The molecular weight excluding hydrogens is 272 g/mol. The van der Waals surface area contributed by atoms with Crippen LogP contribution in [0.5, 0.6) is 5.75 Å². The van der Waals surface area contributed by atoms with Gasteiger partial charge in [0.1, 0.15) is 18.5 Å². The zero-order chi connectivity index (χ0) is 15.1. The van der Waals surface area contributed by atoms with E-state index < -0.39 is 6.10 Å². The Hall–Kier alpha value is -2.43. The van der Waals surface area contributed by atoms with Crippen molar-refractivity contribution in [3.63, 3.8) is 0 Å². The summed E-state index contributed by atoms with van der Waals surface area (Å²) in [6.07, 6.45) is -0.677. The van der Waals surface area contributed by atoms with E-state index >= 15 is 0 Å². The Balaban J connectivity index is 1.69. The summed E-state index contributed by atoms with van der Waals surface area (Å²) in [5.41, 5.74) is 0.521. The molecule has 0 radical (unpaired) electrons. The van der Waals surface area contributed by atoms with Gasteiger partial charge in [-0.15, -0.1) is 0 Å². The first-order valence-corrected chi connectivity index (χ1v) is 6.48. The van der Waals surface area contributed by atoms with E-state index in [1.807, 2.05) is 6.07 Å². The van der Waals surface area contributed by atoms with Gasteiger partial charge in [0.25, 0.3) is 0 Å². The van der Waals surface area contributed by atoms with Crippen molar-refractivity contribution in [3.8, 4) is 11.8 Å². The standard InChI is InChI=1S/C14H16N4O3/c1-10-17-14(18-21-10)8-16-7-12(19)9-20-13-4-2-3-11(5-13)6-15/h2-5,12,16,19H,7-9H2,1H3. The first-order valence-electron chi connectivity index (χ1n) is 6.48. The van der Waals surface area contributed by atoms with Crippen molar-refractivity contribution in [2.45, 2.75) is 19.6 Å². The quantitative estimate of drug-likeness (QED) is 0.775. The summed E-state index contributed by atoms with van der Waals surface area (Å²) in [4.78, 5) is 4.04. The molecule has 21 heavy (non-hydrogen) atoms. The highest BCUT2D eigenvalue weighted by Gasteiger charge is 2.07. The van der Waals surface area contributed by atoms with Gasteiger partial charge in [-0.25, -0.2) is 0 Å². The van der Waals surface area contributed by atoms with Crippen molar-refractivity contribution in [3.05, 3.63) is 41.5 Å². The Morgan fingerprint density at radius 1 is 1.52 bits per heavy atom. The molecule has 1 aromatic heterocycles. The van der Waals surface area contributed by atoms with Gasteiger partial charge in [0, 0.05) is 13.5 Å². The van der Waals surface area contributed by atoms with Gasteiger partial charge in [-0.3, -0.25) is 0 Å². The van der Waals surface area contributed by atoms with Gasteiger partial charge in [0.2, 0.25) is 5.89 Å². The number of rotatable bonds is 7. The van der Waals surface area contributed by atoms with E-state index in [9.17, 15) is 5.11 Å². The fraction of sp³-hybridized carbons (Fsp3) is 0.357. The number of nitrogens with one attached hydrogen (secondary N) is 1. The van der Waals surface area contributed by atoms with Crippen molar-refractivity contribution in [1.29, 1.82) is 5.26 Å². The van der Waals surface area contributed by atoms with Crippen molar-refractivity contribution < 1.29 is 14.4 Å². The number of nitrogens with zero attached hydrogens (tertiary/aromatic N) is 3. The van der Waals surface area contributed by atoms with Crippen LogP contribution in [0.2, 0.25) is 0 Å². The van der Waals surface area contributed by atoms with Crippen molar-refractivity contribution in [2.24, 2.45) is 0 Å². The van der Waals surface area contributed by atoms with Crippen LogP contribution in [-0.2, 0) is 6.54 Å². The normalized spacial score (nSPS) is 11.9. The van der Waals surface area contributed by atoms with E-state index in [1.165, 1.54) is 0 Å². The lowest BCUT2D eigenvalue weighted by Crippen LogP contribution is -2.31. The van der Waals surface area contributed by atoms with E-state index in [0.29, 0.717) is 36.1 Å². The molecule has 0 aliphatic carbocycles. The van der Waals surface area contributed by atoms with Crippen molar-refractivity contribution >= 4 is 0 Å². The molecule has 1 heterocycles. The number of hydrogen-bond donors (Lipinski definition) is 2. The summed E-state index contributed by atoms with van der Waals surface area (Å²) in [6, 6.07) is 8.82. The Labute approximate surface area is 122 Å².